The number of carbonyl (C=O) groups excluding carboxylic acids is 2. The number of methoxy groups -OCH3 is 3. The van der Waals surface area contributed by atoms with Gasteiger partial charge >= 0.3 is 5.97 Å². The molecule has 2 aromatic rings. The van der Waals surface area contributed by atoms with E-state index in [2.05, 4.69) is 5.32 Å². The lowest BCUT2D eigenvalue weighted by molar-refractivity contribution is -0.142. The van der Waals surface area contributed by atoms with Crippen LogP contribution in [0.25, 0.3) is 6.08 Å². The van der Waals surface area contributed by atoms with Crippen LogP contribution in [-0.4, -0.2) is 39.8 Å². The molecular weight excluding hydrogens is 398 g/mol. The molecule has 0 saturated carbocycles. The van der Waals surface area contributed by atoms with Crippen LogP contribution in [0, 0.1) is 6.92 Å². The Morgan fingerprint density at radius 1 is 1.00 bits per heavy atom. The Morgan fingerprint density at radius 2 is 1.66 bits per heavy atom. The van der Waals surface area contributed by atoms with Crippen LogP contribution in [0.1, 0.15) is 11.1 Å². The highest BCUT2D eigenvalue weighted by molar-refractivity contribution is 6.33. The highest BCUT2D eigenvalue weighted by Crippen LogP contribution is 2.35. The summed E-state index contributed by atoms with van der Waals surface area (Å²) in [6.45, 7) is 1.44. The van der Waals surface area contributed by atoms with Gasteiger partial charge in [-0.1, -0.05) is 17.7 Å². The third-order valence-electron chi connectivity index (χ3n) is 3.88. The van der Waals surface area contributed by atoms with E-state index in [1.54, 1.807) is 24.3 Å². The average Bonchev–Trinajstić information content (AvgIpc) is 2.71. The molecule has 8 heteroatoms. The molecule has 0 atom stereocenters. The van der Waals surface area contributed by atoms with Gasteiger partial charge in [-0.3, -0.25) is 4.79 Å². The molecule has 0 aliphatic heterocycles. The quantitative estimate of drug-likeness (QED) is 0.516. The first-order valence-corrected chi connectivity index (χ1v) is 8.96. The minimum absolute atomic E-state index is 0.408. The Morgan fingerprint density at radius 3 is 2.28 bits per heavy atom. The van der Waals surface area contributed by atoms with E-state index in [-0.39, 0.29) is 0 Å². The van der Waals surface area contributed by atoms with Crippen molar-refractivity contribution in [1.29, 1.82) is 0 Å². The lowest BCUT2D eigenvalue weighted by Gasteiger charge is -2.12. The topological polar surface area (TPSA) is 83.1 Å². The first kappa shape index (κ1) is 22.1. The maximum atomic E-state index is 12.0. The summed E-state index contributed by atoms with van der Waals surface area (Å²) in [5.41, 5.74) is 2.00. The lowest BCUT2D eigenvalue weighted by atomic mass is 10.1. The summed E-state index contributed by atoms with van der Waals surface area (Å²) in [4.78, 5) is 23.9. The zero-order chi connectivity index (χ0) is 21.4. The van der Waals surface area contributed by atoms with Crippen LogP contribution in [0.15, 0.2) is 36.4 Å². The minimum Gasteiger partial charge on any atom is -0.496 e. The molecule has 0 aliphatic carbocycles. The van der Waals surface area contributed by atoms with Crippen molar-refractivity contribution in [2.75, 3.05) is 33.3 Å². The smallest absolute Gasteiger partial charge is 0.331 e. The van der Waals surface area contributed by atoms with Gasteiger partial charge in [-0.15, -0.1) is 0 Å². The highest BCUT2D eigenvalue weighted by Gasteiger charge is 2.11. The molecule has 0 bridgehead atoms. The molecule has 0 aliphatic rings. The Kier molecular flexibility index (Phi) is 7.91. The minimum atomic E-state index is -0.688. The van der Waals surface area contributed by atoms with Gasteiger partial charge in [-0.05, 0) is 36.8 Å². The maximum absolute atomic E-state index is 12.0. The number of nitrogens with one attached hydrogen (secondary N) is 1. The predicted molar refractivity (Wildman–Crippen MR) is 111 cm³/mol. The van der Waals surface area contributed by atoms with E-state index in [1.165, 1.54) is 33.5 Å². The second-order valence-electron chi connectivity index (χ2n) is 5.92. The zero-order valence-corrected chi connectivity index (χ0v) is 17.3. The van der Waals surface area contributed by atoms with Crippen molar-refractivity contribution in [3.05, 3.63) is 52.6 Å². The summed E-state index contributed by atoms with van der Waals surface area (Å²) < 4.78 is 20.7. The predicted octanol–water partition coefficient (Wildman–Crippen LogP) is 3.87. The summed E-state index contributed by atoms with van der Waals surface area (Å²) in [6.07, 6.45) is 2.69. The summed E-state index contributed by atoms with van der Waals surface area (Å²) in [5, 5.41) is 3.00. The zero-order valence-electron chi connectivity index (χ0n) is 16.6. The maximum Gasteiger partial charge on any atom is 0.331 e. The molecule has 2 rings (SSSR count). The molecule has 7 nitrogen and oxygen atoms in total. The van der Waals surface area contributed by atoms with Crippen molar-refractivity contribution in [3.8, 4) is 17.2 Å². The third-order valence-corrected chi connectivity index (χ3v) is 4.19. The number of esters is 1. The molecule has 0 aromatic heterocycles. The number of anilines is 1. The number of hydrogen-bond acceptors (Lipinski definition) is 6. The van der Waals surface area contributed by atoms with Gasteiger partial charge in [0.25, 0.3) is 5.91 Å². The van der Waals surface area contributed by atoms with Crippen LogP contribution in [0.3, 0.4) is 0 Å². The Bertz CT molecular complexity index is 926. The van der Waals surface area contributed by atoms with Crippen LogP contribution in [-0.2, 0) is 14.3 Å². The molecule has 0 fully saturated rings. The van der Waals surface area contributed by atoms with Gasteiger partial charge in [0, 0.05) is 17.7 Å². The molecule has 154 valence electrons. The summed E-state index contributed by atoms with van der Waals surface area (Å²) in [5.74, 6) is 0.276. The largest absolute Gasteiger partial charge is 0.496 e. The first-order chi connectivity index (χ1) is 13.9. The van der Waals surface area contributed by atoms with E-state index in [1.807, 2.05) is 13.0 Å². The molecule has 1 amide bonds. The molecule has 0 unspecified atom stereocenters. The fourth-order valence-electron chi connectivity index (χ4n) is 2.43. The SMILES string of the molecule is COc1cc(OC)c(OC)cc1/C=C/C(=O)OCC(=O)Nc1ccc(C)cc1Cl. The Hall–Kier alpha value is -3.19. The first-order valence-electron chi connectivity index (χ1n) is 8.58. The highest BCUT2D eigenvalue weighted by atomic mass is 35.5. The molecular formula is C21H22ClNO6. The average molecular weight is 420 g/mol. The number of benzene rings is 2. The van der Waals surface area contributed by atoms with Gasteiger partial charge in [0.2, 0.25) is 0 Å². The number of rotatable bonds is 8. The fourth-order valence-corrected chi connectivity index (χ4v) is 2.72. The van der Waals surface area contributed by atoms with Crippen LogP contribution in [0.2, 0.25) is 5.02 Å². The third kappa shape index (κ3) is 6.15. The van der Waals surface area contributed by atoms with Crippen molar-refractivity contribution in [1.82, 2.24) is 0 Å². The van der Waals surface area contributed by atoms with Crippen molar-refractivity contribution < 1.29 is 28.5 Å². The van der Waals surface area contributed by atoms with E-state index in [0.717, 1.165) is 5.56 Å². The van der Waals surface area contributed by atoms with Crippen molar-refractivity contribution in [2.45, 2.75) is 6.92 Å². The van der Waals surface area contributed by atoms with Gasteiger partial charge in [0.15, 0.2) is 18.1 Å². The normalized spacial score (nSPS) is 10.5. The second-order valence-corrected chi connectivity index (χ2v) is 6.33. The van der Waals surface area contributed by atoms with Gasteiger partial charge < -0.3 is 24.3 Å². The van der Waals surface area contributed by atoms with E-state index in [9.17, 15) is 9.59 Å². The standard InChI is InChI=1S/C21H22ClNO6/c1-13-5-7-16(15(22)9-13)23-20(24)12-29-21(25)8-6-14-10-18(27-3)19(28-4)11-17(14)26-2/h5-11H,12H2,1-4H3,(H,23,24)/b8-6+. The molecule has 0 spiro atoms. The number of ether oxygens (including phenoxy) is 4. The van der Waals surface area contributed by atoms with E-state index in [0.29, 0.717) is 33.5 Å². The molecule has 0 saturated heterocycles. The summed E-state index contributed by atoms with van der Waals surface area (Å²) >= 11 is 6.06. The number of hydrogen-bond donors (Lipinski definition) is 1. The van der Waals surface area contributed by atoms with Crippen LogP contribution < -0.4 is 19.5 Å². The number of amides is 1. The van der Waals surface area contributed by atoms with Gasteiger partial charge in [-0.2, -0.15) is 0 Å². The van der Waals surface area contributed by atoms with Gasteiger partial charge in [-0.25, -0.2) is 4.79 Å². The van der Waals surface area contributed by atoms with Gasteiger partial charge in [0.1, 0.15) is 5.75 Å². The van der Waals surface area contributed by atoms with Crippen molar-refractivity contribution in [3.63, 3.8) is 0 Å². The van der Waals surface area contributed by atoms with E-state index >= 15 is 0 Å². The molecule has 1 N–H and O–H groups in total. The monoisotopic (exact) mass is 419 g/mol. The Labute approximate surface area is 174 Å². The van der Waals surface area contributed by atoms with Crippen LogP contribution in [0.5, 0.6) is 17.2 Å². The van der Waals surface area contributed by atoms with Gasteiger partial charge in [0.05, 0.1) is 32.0 Å². The lowest BCUT2D eigenvalue weighted by Crippen LogP contribution is -2.20. The van der Waals surface area contributed by atoms with Crippen LogP contribution >= 0.6 is 11.6 Å². The molecule has 0 radical (unpaired) electrons. The number of carbonyl (C=O) groups is 2. The molecule has 0 heterocycles. The number of aryl methyl sites for hydroxylation is 1. The summed E-state index contributed by atoms with van der Waals surface area (Å²) in [7, 11) is 4.52. The summed E-state index contributed by atoms with van der Waals surface area (Å²) in [6, 6.07) is 8.52. The van der Waals surface area contributed by atoms with Crippen molar-refractivity contribution in [2.24, 2.45) is 0 Å². The van der Waals surface area contributed by atoms with E-state index in [4.69, 9.17) is 30.5 Å². The van der Waals surface area contributed by atoms with Crippen LogP contribution in [0.4, 0.5) is 5.69 Å². The number of halogens is 1. The fraction of sp³-hybridized carbons (Fsp3) is 0.238. The molecule has 2 aromatic carbocycles. The molecule has 29 heavy (non-hydrogen) atoms. The Balaban J connectivity index is 1.98. The van der Waals surface area contributed by atoms with E-state index < -0.39 is 18.5 Å². The van der Waals surface area contributed by atoms with Crippen molar-refractivity contribution >= 4 is 35.2 Å². The second kappa shape index (κ2) is 10.4.